The quantitative estimate of drug-likeness (QED) is 0.564. The number of nitrogens with two attached hydrogens (primary N) is 1. The van der Waals surface area contributed by atoms with Gasteiger partial charge < -0.3 is 25.4 Å². The molecule has 17 heavy (non-hydrogen) atoms. The first kappa shape index (κ1) is 12.0. The van der Waals surface area contributed by atoms with Crippen molar-refractivity contribution in [3.8, 4) is 0 Å². The van der Waals surface area contributed by atoms with Gasteiger partial charge >= 0.3 is 5.69 Å². The van der Waals surface area contributed by atoms with Crippen LogP contribution in [0, 0.1) is 0 Å². The molecule has 0 bridgehead atoms. The molecule has 0 spiro atoms. The largest absolute Gasteiger partial charge is 0.391 e. The first-order valence-electron chi connectivity index (χ1n) is 4.98. The van der Waals surface area contributed by atoms with Crippen molar-refractivity contribution in [2.45, 2.75) is 12.0 Å². The van der Waals surface area contributed by atoms with E-state index in [1.807, 2.05) is 0 Å². The Hall–Kier alpha value is -1.48. The van der Waals surface area contributed by atoms with Crippen LogP contribution in [0.5, 0.6) is 0 Å². The average molecular weight is 243 g/mol. The molecule has 94 valence electrons. The number of aliphatic hydroxyl groups is 2. The molecule has 1 atom stereocenters. The summed E-state index contributed by atoms with van der Waals surface area (Å²) in [6.07, 6.45) is 0.679. The lowest BCUT2D eigenvalue weighted by Gasteiger charge is -2.22. The van der Waals surface area contributed by atoms with E-state index in [-0.39, 0.29) is 12.4 Å². The normalized spacial score (nSPS) is 22.8. The van der Waals surface area contributed by atoms with E-state index < -0.39 is 30.9 Å². The average Bonchev–Trinajstić information content (AvgIpc) is 2.74. The van der Waals surface area contributed by atoms with E-state index in [1.165, 1.54) is 16.8 Å². The molecule has 4 N–H and O–H groups in total. The summed E-state index contributed by atoms with van der Waals surface area (Å²) in [7, 11) is 0. The van der Waals surface area contributed by atoms with Crippen LogP contribution in [0.15, 0.2) is 17.1 Å². The van der Waals surface area contributed by atoms with Crippen molar-refractivity contribution >= 4 is 5.82 Å². The zero-order valence-electron chi connectivity index (χ0n) is 8.94. The molecular formula is C9H13N3O5. The number of ether oxygens (including phenoxy) is 2. The lowest BCUT2D eigenvalue weighted by atomic mass is 10.3. The van der Waals surface area contributed by atoms with Crippen molar-refractivity contribution in [3.63, 3.8) is 0 Å². The standard InChI is InChI=1S/C9H13N3O5/c10-6-1-2-12(8(15)11-6)7-3-16-9(4-13,5-14)17-7/h1-2,7,13-14H,3-5H2,(H2,10,11,15)/t7-/m1/s1. The SMILES string of the molecule is Nc1ccn([C@H]2COC(CO)(CO)O2)c(=O)n1. The van der Waals surface area contributed by atoms with Crippen molar-refractivity contribution in [2.75, 3.05) is 25.6 Å². The molecule has 1 fully saturated rings. The Morgan fingerprint density at radius 3 is 2.82 bits per heavy atom. The van der Waals surface area contributed by atoms with Gasteiger partial charge in [-0.15, -0.1) is 0 Å². The van der Waals surface area contributed by atoms with Gasteiger partial charge in [0.05, 0.1) is 19.8 Å². The van der Waals surface area contributed by atoms with Gasteiger partial charge in [-0.3, -0.25) is 4.57 Å². The van der Waals surface area contributed by atoms with Crippen molar-refractivity contribution in [3.05, 3.63) is 22.7 Å². The van der Waals surface area contributed by atoms with E-state index in [4.69, 9.17) is 25.4 Å². The molecule has 2 rings (SSSR count). The highest BCUT2D eigenvalue weighted by Gasteiger charge is 2.41. The fraction of sp³-hybridized carbons (Fsp3) is 0.556. The Kier molecular flexibility index (Phi) is 3.11. The third-order valence-corrected chi connectivity index (χ3v) is 2.48. The number of rotatable bonds is 3. The molecule has 0 amide bonds. The van der Waals surface area contributed by atoms with Gasteiger partial charge in [0.25, 0.3) is 0 Å². The molecule has 0 aromatic carbocycles. The van der Waals surface area contributed by atoms with Crippen LogP contribution in [0.25, 0.3) is 0 Å². The van der Waals surface area contributed by atoms with Crippen LogP contribution in [0.3, 0.4) is 0 Å². The Bertz CT molecular complexity index is 456. The Labute approximate surface area is 96.2 Å². The highest BCUT2D eigenvalue weighted by molar-refractivity contribution is 5.23. The van der Waals surface area contributed by atoms with Crippen LogP contribution >= 0.6 is 0 Å². The maximum absolute atomic E-state index is 11.5. The second-order valence-electron chi connectivity index (χ2n) is 3.65. The third-order valence-electron chi connectivity index (χ3n) is 2.48. The summed E-state index contributed by atoms with van der Waals surface area (Å²) >= 11 is 0. The van der Waals surface area contributed by atoms with E-state index >= 15 is 0 Å². The van der Waals surface area contributed by atoms with Gasteiger partial charge in [0.2, 0.25) is 5.79 Å². The summed E-state index contributed by atoms with van der Waals surface area (Å²) in [5.74, 6) is -1.35. The lowest BCUT2D eigenvalue weighted by Crippen LogP contribution is -2.39. The molecule has 8 heteroatoms. The Morgan fingerprint density at radius 2 is 2.29 bits per heavy atom. The number of hydrogen-bond donors (Lipinski definition) is 3. The van der Waals surface area contributed by atoms with Gasteiger partial charge in [-0.2, -0.15) is 4.98 Å². The molecular weight excluding hydrogens is 230 g/mol. The number of nitrogen functional groups attached to an aromatic ring is 1. The van der Waals surface area contributed by atoms with E-state index in [0.717, 1.165) is 0 Å². The molecule has 2 heterocycles. The van der Waals surface area contributed by atoms with Crippen molar-refractivity contribution in [1.29, 1.82) is 0 Å². The van der Waals surface area contributed by atoms with Gasteiger partial charge in [-0.25, -0.2) is 4.79 Å². The molecule has 1 aliphatic rings. The topological polar surface area (TPSA) is 120 Å². The molecule has 0 unspecified atom stereocenters. The fourth-order valence-electron chi connectivity index (χ4n) is 1.54. The van der Waals surface area contributed by atoms with Gasteiger partial charge in [-0.1, -0.05) is 0 Å². The van der Waals surface area contributed by atoms with E-state index in [2.05, 4.69) is 4.98 Å². The molecule has 1 saturated heterocycles. The van der Waals surface area contributed by atoms with Crippen LogP contribution in [-0.4, -0.2) is 45.4 Å². The van der Waals surface area contributed by atoms with Crippen molar-refractivity contribution in [2.24, 2.45) is 0 Å². The van der Waals surface area contributed by atoms with Crippen LogP contribution in [0.4, 0.5) is 5.82 Å². The summed E-state index contributed by atoms with van der Waals surface area (Å²) < 4.78 is 11.6. The summed E-state index contributed by atoms with van der Waals surface area (Å²) in [5, 5.41) is 18.1. The highest BCUT2D eigenvalue weighted by Crippen LogP contribution is 2.28. The second kappa shape index (κ2) is 4.41. The molecule has 1 aromatic rings. The zero-order chi connectivity index (χ0) is 12.5. The minimum Gasteiger partial charge on any atom is -0.391 e. The molecule has 8 nitrogen and oxygen atoms in total. The molecule has 0 radical (unpaired) electrons. The predicted molar refractivity (Wildman–Crippen MR) is 55.9 cm³/mol. The molecule has 0 aliphatic carbocycles. The van der Waals surface area contributed by atoms with Gasteiger partial charge in [0, 0.05) is 6.20 Å². The first-order chi connectivity index (χ1) is 8.10. The summed E-state index contributed by atoms with van der Waals surface area (Å²) in [6.45, 7) is -0.971. The van der Waals surface area contributed by atoms with Crippen LogP contribution in [0.2, 0.25) is 0 Å². The van der Waals surface area contributed by atoms with E-state index in [9.17, 15) is 4.79 Å². The maximum atomic E-state index is 11.5. The number of aromatic nitrogens is 2. The lowest BCUT2D eigenvalue weighted by molar-refractivity contribution is -0.220. The highest BCUT2D eigenvalue weighted by atomic mass is 16.8. The summed E-state index contributed by atoms with van der Waals surface area (Å²) in [5.41, 5.74) is 4.78. The number of nitrogens with zero attached hydrogens (tertiary/aromatic N) is 2. The minimum absolute atomic E-state index is 0.0343. The van der Waals surface area contributed by atoms with Crippen molar-refractivity contribution in [1.82, 2.24) is 9.55 Å². The van der Waals surface area contributed by atoms with Crippen LogP contribution in [-0.2, 0) is 9.47 Å². The van der Waals surface area contributed by atoms with E-state index in [1.54, 1.807) is 0 Å². The van der Waals surface area contributed by atoms with Gasteiger partial charge in [-0.05, 0) is 6.07 Å². The predicted octanol–water partition coefficient (Wildman–Crippen LogP) is -1.95. The van der Waals surface area contributed by atoms with Gasteiger partial charge in [0.1, 0.15) is 5.82 Å². The minimum atomic E-state index is -1.47. The summed E-state index contributed by atoms with van der Waals surface area (Å²) in [4.78, 5) is 15.1. The maximum Gasteiger partial charge on any atom is 0.351 e. The zero-order valence-corrected chi connectivity index (χ0v) is 8.94. The van der Waals surface area contributed by atoms with E-state index in [0.29, 0.717) is 0 Å². The number of anilines is 1. The number of hydrogen-bond acceptors (Lipinski definition) is 7. The monoisotopic (exact) mass is 243 g/mol. The van der Waals surface area contributed by atoms with Crippen LogP contribution < -0.4 is 11.4 Å². The van der Waals surface area contributed by atoms with Crippen molar-refractivity contribution < 1.29 is 19.7 Å². The van der Waals surface area contributed by atoms with Crippen LogP contribution in [0.1, 0.15) is 6.23 Å². The molecule has 0 saturated carbocycles. The Balaban J connectivity index is 2.23. The smallest absolute Gasteiger partial charge is 0.351 e. The molecule has 1 aromatic heterocycles. The van der Waals surface area contributed by atoms with Gasteiger partial charge in [0.15, 0.2) is 6.23 Å². The summed E-state index contributed by atoms with van der Waals surface area (Å²) in [6, 6.07) is 1.45. The molecule has 1 aliphatic heterocycles. The first-order valence-corrected chi connectivity index (χ1v) is 4.98. The second-order valence-corrected chi connectivity index (χ2v) is 3.65. The number of aliphatic hydroxyl groups excluding tert-OH is 2. The fourth-order valence-corrected chi connectivity index (χ4v) is 1.54. The Morgan fingerprint density at radius 1 is 1.59 bits per heavy atom. The third kappa shape index (κ3) is 2.15.